The minimum Gasteiger partial charge on any atom is -0.446 e. The van der Waals surface area contributed by atoms with E-state index < -0.39 is 54.6 Å². The van der Waals surface area contributed by atoms with E-state index in [0.717, 1.165) is 44.9 Å². The summed E-state index contributed by atoms with van der Waals surface area (Å²) in [5.41, 5.74) is -0.654. The molecule has 35 heavy (non-hydrogen) atoms. The fourth-order valence-electron chi connectivity index (χ4n) is 5.40. The predicted molar refractivity (Wildman–Crippen MR) is 130 cm³/mol. The Morgan fingerprint density at radius 2 is 1.86 bits per heavy atom. The van der Waals surface area contributed by atoms with Gasteiger partial charge >= 0.3 is 13.2 Å². The second kappa shape index (κ2) is 11.9. The Morgan fingerprint density at radius 1 is 1.17 bits per heavy atom. The Morgan fingerprint density at radius 3 is 2.49 bits per heavy atom. The molecule has 3 amide bonds. The van der Waals surface area contributed by atoms with Crippen molar-refractivity contribution < 1.29 is 33.9 Å². The van der Waals surface area contributed by atoms with E-state index in [9.17, 15) is 24.5 Å². The molecule has 11 heteroatoms. The van der Waals surface area contributed by atoms with Gasteiger partial charge in [-0.2, -0.15) is 0 Å². The van der Waals surface area contributed by atoms with Crippen LogP contribution in [0.15, 0.2) is 0 Å². The van der Waals surface area contributed by atoms with Gasteiger partial charge in [-0.25, -0.2) is 4.79 Å². The van der Waals surface area contributed by atoms with Gasteiger partial charge in [0.1, 0.15) is 18.2 Å². The molecule has 0 spiro atoms. The number of rotatable bonds is 6. The van der Waals surface area contributed by atoms with Crippen LogP contribution >= 0.6 is 0 Å². The first-order chi connectivity index (χ1) is 16.5. The molecule has 3 rings (SSSR count). The van der Waals surface area contributed by atoms with Crippen molar-refractivity contribution in [1.82, 2.24) is 15.5 Å². The summed E-state index contributed by atoms with van der Waals surface area (Å²) in [5, 5.41) is 26.4. The maximum Gasteiger partial charge on any atom is 0.478 e. The van der Waals surface area contributed by atoms with Crippen LogP contribution in [0.3, 0.4) is 0 Å². The summed E-state index contributed by atoms with van der Waals surface area (Å²) in [6.45, 7) is 7.91. The van der Waals surface area contributed by atoms with E-state index in [1.165, 1.54) is 4.90 Å². The van der Waals surface area contributed by atoms with Crippen molar-refractivity contribution >= 4 is 25.0 Å². The monoisotopic (exact) mass is 495 g/mol. The molecule has 3 aliphatic rings. The van der Waals surface area contributed by atoms with Gasteiger partial charge in [0.15, 0.2) is 0 Å². The van der Waals surface area contributed by atoms with Crippen molar-refractivity contribution in [2.75, 3.05) is 13.2 Å². The molecule has 0 aromatic rings. The highest BCUT2D eigenvalue weighted by molar-refractivity contribution is 6.45. The van der Waals surface area contributed by atoms with Crippen LogP contribution < -0.4 is 10.6 Å². The molecule has 0 bridgehead atoms. The van der Waals surface area contributed by atoms with Gasteiger partial charge in [-0.1, -0.05) is 34.1 Å². The summed E-state index contributed by atoms with van der Waals surface area (Å²) < 4.78 is 10.9. The van der Waals surface area contributed by atoms with Crippen LogP contribution in [0.5, 0.6) is 0 Å². The summed E-state index contributed by atoms with van der Waals surface area (Å²) in [4.78, 5) is 40.9. The Balaban J connectivity index is 1.72. The van der Waals surface area contributed by atoms with Crippen LogP contribution in [0.1, 0.15) is 79.1 Å². The minimum atomic E-state index is -1.13. The fourth-order valence-corrected chi connectivity index (χ4v) is 5.40. The molecule has 5 atom stereocenters. The SMILES string of the molecule is CCC1CCCOB(O)C1NC(=O)[C@@H]1C[C@@H](O)CN1C(=O)[C@@H](NC(=O)OC1CCCC1)C(C)(C)C. The molecule has 0 aromatic carbocycles. The molecule has 4 N–H and O–H groups in total. The third-order valence-electron chi connectivity index (χ3n) is 7.47. The molecule has 2 heterocycles. The maximum absolute atomic E-state index is 13.6. The van der Waals surface area contributed by atoms with Gasteiger partial charge < -0.3 is 35.1 Å². The Labute approximate surface area is 208 Å². The number of nitrogens with one attached hydrogen (secondary N) is 2. The highest BCUT2D eigenvalue weighted by Gasteiger charge is 2.46. The number of likely N-dealkylation sites (tertiary alicyclic amines) is 1. The van der Waals surface area contributed by atoms with E-state index in [2.05, 4.69) is 10.6 Å². The minimum absolute atomic E-state index is 0.0101. The number of amides is 3. The van der Waals surface area contributed by atoms with E-state index in [1.807, 2.05) is 27.7 Å². The molecule has 2 aliphatic heterocycles. The predicted octanol–water partition coefficient (Wildman–Crippen LogP) is 1.37. The van der Waals surface area contributed by atoms with Crippen LogP contribution in [0.4, 0.5) is 4.79 Å². The molecule has 10 nitrogen and oxygen atoms in total. The molecule has 198 valence electrons. The molecule has 1 aliphatic carbocycles. The summed E-state index contributed by atoms with van der Waals surface area (Å²) in [6, 6.07) is -1.85. The summed E-state index contributed by atoms with van der Waals surface area (Å²) in [7, 11) is -1.13. The van der Waals surface area contributed by atoms with Gasteiger partial charge in [0, 0.05) is 19.6 Å². The van der Waals surface area contributed by atoms with Crippen molar-refractivity contribution in [2.45, 2.75) is 109 Å². The van der Waals surface area contributed by atoms with E-state index in [-0.39, 0.29) is 25.0 Å². The van der Waals surface area contributed by atoms with Crippen molar-refractivity contribution in [3.8, 4) is 0 Å². The van der Waals surface area contributed by atoms with Crippen LogP contribution in [0, 0.1) is 11.3 Å². The van der Waals surface area contributed by atoms with Gasteiger partial charge in [0.25, 0.3) is 0 Å². The maximum atomic E-state index is 13.6. The molecule has 3 fully saturated rings. The number of alkyl carbamates (subject to hydrolysis) is 1. The molecule has 1 saturated carbocycles. The van der Waals surface area contributed by atoms with Gasteiger partial charge in [0.2, 0.25) is 11.8 Å². The van der Waals surface area contributed by atoms with Crippen molar-refractivity contribution in [3.05, 3.63) is 0 Å². The van der Waals surface area contributed by atoms with E-state index in [1.54, 1.807) is 0 Å². The third kappa shape index (κ3) is 7.10. The topological polar surface area (TPSA) is 137 Å². The van der Waals surface area contributed by atoms with E-state index >= 15 is 0 Å². The Hall–Kier alpha value is -1.85. The number of nitrogens with zero attached hydrogens (tertiary/aromatic N) is 1. The highest BCUT2D eigenvalue weighted by atomic mass is 16.6. The van der Waals surface area contributed by atoms with Gasteiger partial charge in [-0.3, -0.25) is 9.59 Å². The lowest BCUT2D eigenvalue weighted by molar-refractivity contribution is -0.142. The first-order valence-electron chi connectivity index (χ1n) is 13.1. The van der Waals surface area contributed by atoms with Crippen molar-refractivity contribution in [2.24, 2.45) is 11.3 Å². The standard InChI is InChI=1S/C24H42BN3O7/c1-5-15-9-8-12-34-25(33)20(15)27-21(30)18-13-16(29)14-28(18)22(31)19(24(2,3)4)26-23(32)35-17-10-6-7-11-17/h15-20,29,33H,5-14H2,1-4H3,(H,26,32)(H,27,30)/t15?,16-,18+,19-,20?/m1/s1. The highest BCUT2D eigenvalue weighted by Crippen LogP contribution is 2.28. The van der Waals surface area contributed by atoms with Crippen LogP contribution in [-0.2, 0) is 19.0 Å². The molecule has 2 unspecified atom stereocenters. The number of hydrogen-bond acceptors (Lipinski definition) is 7. The smallest absolute Gasteiger partial charge is 0.446 e. The summed E-state index contributed by atoms with van der Waals surface area (Å²) in [6.07, 6.45) is 4.48. The number of β-amino-alcohol motifs (C(OH)–C–C–N with tert-alkyl or cyclic N) is 1. The lowest BCUT2D eigenvalue weighted by Gasteiger charge is -2.36. The molecular weight excluding hydrogens is 453 g/mol. The van der Waals surface area contributed by atoms with Crippen molar-refractivity contribution in [3.63, 3.8) is 0 Å². The number of carbonyl (C=O) groups is 3. The number of hydrogen-bond donors (Lipinski definition) is 4. The lowest BCUT2D eigenvalue weighted by atomic mass is 9.69. The second-order valence-electron chi connectivity index (χ2n) is 11.3. The third-order valence-corrected chi connectivity index (χ3v) is 7.47. The number of ether oxygens (including phenoxy) is 1. The van der Waals surface area contributed by atoms with Crippen LogP contribution in [0.25, 0.3) is 0 Å². The average molecular weight is 495 g/mol. The quantitative estimate of drug-likeness (QED) is 0.409. The number of carbonyl (C=O) groups excluding carboxylic acids is 3. The molecule has 2 saturated heterocycles. The zero-order valence-electron chi connectivity index (χ0n) is 21.5. The first-order valence-corrected chi connectivity index (χ1v) is 13.1. The van der Waals surface area contributed by atoms with Crippen LogP contribution in [-0.4, -0.2) is 83.4 Å². The summed E-state index contributed by atoms with van der Waals surface area (Å²) >= 11 is 0. The molecular formula is C24H42BN3O7. The van der Waals surface area contributed by atoms with E-state index in [0.29, 0.717) is 6.61 Å². The molecule has 0 radical (unpaired) electrons. The number of aliphatic hydroxyl groups excluding tert-OH is 1. The largest absolute Gasteiger partial charge is 0.478 e. The fraction of sp³-hybridized carbons (Fsp3) is 0.875. The van der Waals surface area contributed by atoms with Crippen LogP contribution in [0.2, 0.25) is 0 Å². The zero-order chi connectivity index (χ0) is 25.8. The second-order valence-corrected chi connectivity index (χ2v) is 11.3. The first kappa shape index (κ1) is 27.7. The lowest BCUT2D eigenvalue weighted by Crippen LogP contribution is -2.60. The average Bonchev–Trinajstić information content (AvgIpc) is 3.40. The van der Waals surface area contributed by atoms with Gasteiger partial charge in [-0.05, 0) is 49.9 Å². The van der Waals surface area contributed by atoms with E-state index in [4.69, 9.17) is 9.39 Å². The Bertz CT molecular complexity index is 756. The number of aliphatic hydroxyl groups is 1. The Kier molecular flexibility index (Phi) is 9.45. The molecule has 0 aromatic heterocycles. The van der Waals surface area contributed by atoms with Crippen molar-refractivity contribution in [1.29, 1.82) is 0 Å². The normalized spacial score (nSPS) is 29.0. The van der Waals surface area contributed by atoms with Gasteiger partial charge in [0.05, 0.1) is 12.0 Å². The van der Waals surface area contributed by atoms with Gasteiger partial charge in [-0.15, -0.1) is 0 Å². The summed E-state index contributed by atoms with van der Waals surface area (Å²) in [5.74, 6) is -1.43. The zero-order valence-corrected chi connectivity index (χ0v) is 21.5.